The third-order valence-electron chi connectivity index (χ3n) is 5.73. The molecule has 0 aliphatic carbocycles. The molecule has 0 amide bonds. The first-order valence-electron chi connectivity index (χ1n) is 11.7. The molecule has 212 valence electrons. The maximum Gasteiger partial charge on any atom is 0.414 e. The number of nitrogens with zero attached hydrogens (tertiary/aromatic N) is 2. The molecule has 0 unspecified atom stereocenters. The van der Waals surface area contributed by atoms with E-state index in [0.29, 0.717) is 11.3 Å². The van der Waals surface area contributed by atoms with Crippen molar-refractivity contribution in [2.24, 2.45) is 5.92 Å². The number of aliphatic carboxylic acids is 4. The summed E-state index contributed by atoms with van der Waals surface area (Å²) in [5, 5.41) is 29.6. The average molecular weight is 560 g/mol. The number of carbonyl (C=O) groups excluding carboxylic acids is 1. The topological polar surface area (TPSA) is 219 Å². The third-order valence-corrected chi connectivity index (χ3v) is 6.33. The number of anilines is 1. The maximum atomic E-state index is 12.7. The molecule has 1 aromatic rings. The highest BCUT2D eigenvalue weighted by atomic mass is 32.2. The number of ketones is 1. The largest absolute Gasteiger partial charge is 0.473 e. The van der Waals surface area contributed by atoms with Crippen LogP contribution >= 0.6 is 0 Å². The molecule has 2 aliphatic heterocycles. The van der Waals surface area contributed by atoms with Crippen molar-refractivity contribution >= 4 is 45.4 Å². The second kappa shape index (κ2) is 15.6. The lowest BCUT2D eigenvalue weighted by Crippen LogP contribution is -2.40. The van der Waals surface area contributed by atoms with E-state index in [9.17, 15) is 13.2 Å². The second-order valence-electron chi connectivity index (χ2n) is 8.70. The number of Topliss-reactive ketones (excluding diaryl/α,β-unsaturated/α-hetero) is 1. The number of benzene rings is 1. The Morgan fingerprint density at radius 1 is 0.763 bits per heavy atom. The van der Waals surface area contributed by atoms with Gasteiger partial charge in [0, 0.05) is 30.3 Å². The second-order valence-corrected chi connectivity index (χ2v) is 10.4. The molecule has 2 fully saturated rings. The minimum atomic E-state index is -3.29. The van der Waals surface area contributed by atoms with Crippen LogP contribution in [-0.4, -0.2) is 114 Å². The van der Waals surface area contributed by atoms with Crippen molar-refractivity contribution < 1.29 is 52.8 Å². The fraction of sp³-hybridized carbons (Fsp3) is 0.522. The van der Waals surface area contributed by atoms with Gasteiger partial charge in [0.2, 0.25) is 10.0 Å². The molecular weight excluding hydrogens is 526 g/mol. The molecule has 2 heterocycles. The first-order valence-corrected chi connectivity index (χ1v) is 13.6. The SMILES string of the molecule is CS(=O)(=O)Nc1ccc(C(=O)C2CCN(CCN3CCCC3)CC2)cc1.O=C(O)C(=O)O.O=C(O)C(=O)O. The van der Waals surface area contributed by atoms with Crippen molar-refractivity contribution in [1.29, 1.82) is 0 Å². The number of carboxylic acid groups (broad SMARTS) is 4. The van der Waals surface area contributed by atoms with Gasteiger partial charge in [0.05, 0.1) is 6.26 Å². The predicted molar refractivity (Wildman–Crippen MR) is 135 cm³/mol. The van der Waals surface area contributed by atoms with Crippen molar-refractivity contribution in [2.45, 2.75) is 25.7 Å². The molecule has 38 heavy (non-hydrogen) atoms. The van der Waals surface area contributed by atoms with Gasteiger partial charge in [-0.25, -0.2) is 27.6 Å². The number of sulfonamides is 1. The number of hydrogen-bond acceptors (Lipinski definition) is 9. The molecule has 0 aromatic heterocycles. The number of hydrogen-bond donors (Lipinski definition) is 5. The van der Waals surface area contributed by atoms with Crippen LogP contribution in [-0.2, 0) is 29.2 Å². The summed E-state index contributed by atoms with van der Waals surface area (Å²) >= 11 is 0. The van der Waals surface area contributed by atoms with Crippen LogP contribution in [0.15, 0.2) is 24.3 Å². The van der Waals surface area contributed by atoms with E-state index >= 15 is 0 Å². The van der Waals surface area contributed by atoms with Gasteiger partial charge in [0.1, 0.15) is 0 Å². The van der Waals surface area contributed by atoms with Crippen LogP contribution in [0.4, 0.5) is 5.69 Å². The smallest absolute Gasteiger partial charge is 0.414 e. The lowest BCUT2D eigenvalue weighted by atomic mass is 9.89. The van der Waals surface area contributed by atoms with E-state index in [1.807, 2.05) is 0 Å². The first kappa shape index (κ1) is 32.5. The number of nitrogens with one attached hydrogen (secondary N) is 1. The van der Waals surface area contributed by atoms with Gasteiger partial charge in [-0.3, -0.25) is 9.52 Å². The van der Waals surface area contributed by atoms with Crippen molar-refractivity contribution in [3.8, 4) is 0 Å². The van der Waals surface area contributed by atoms with Gasteiger partial charge in [-0.05, 0) is 76.1 Å². The number of piperidine rings is 1. The van der Waals surface area contributed by atoms with Gasteiger partial charge < -0.3 is 30.2 Å². The van der Waals surface area contributed by atoms with E-state index < -0.39 is 33.9 Å². The highest BCUT2D eigenvalue weighted by Gasteiger charge is 2.26. The van der Waals surface area contributed by atoms with Gasteiger partial charge in [-0.1, -0.05) is 0 Å². The van der Waals surface area contributed by atoms with E-state index in [1.54, 1.807) is 24.3 Å². The number of likely N-dealkylation sites (tertiary alicyclic amines) is 2. The predicted octanol–water partition coefficient (Wildman–Crippen LogP) is 0.360. The zero-order valence-electron chi connectivity index (χ0n) is 20.9. The summed E-state index contributed by atoms with van der Waals surface area (Å²) in [5.41, 5.74) is 1.15. The standard InChI is InChI=1S/C19H29N3O3S.2C2H2O4/c1-26(24,25)20-18-6-4-16(5-7-18)19(23)17-8-12-22(13-9-17)15-14-21-10-2-3-11-21;2*3-1(4)2(5)6/h4-7,17,20H,2-3,8-15H2,1H3;2*(H,3,4)(H,5,6). The quantitative estimate of drug-likeness (QED) is 0.225. The van der Waals surface area contributed by atoms with Gasteiger partial charge in [-0.15, -0.1) is 0 Å². The number of carboxylic acids is 4. The van der Waals surface area contributed by atoms with E-state index in [2.05, 4.69) is 14.5 Å². The zero-order chi connectivity index (χ0) is 28.9. The molecule has 3 rings (SSSR count). The number of carbonyl (C=O) groups is 5. The Hall–Kier alpha value is -3.56. The minimum absolute atomic E-state index is 0.0757. The summed E-state index contributed by atoms with van der Waals surface area (Å²) in [4.78, 5) is 54.1. The molecule has 14 nitrogen and oxygen atoms in total. The normalized spacial score (nSPS) is 16.2. The summed E-state index contributed by atoms with van der Waals surface area (Å²) in [6.45, 7) is 6.69. The average Bonchev–Trinajstić information content (AvgIpc) is 3.36. The molecular formula is C23H33N3O11S. The Morgan fingerprint density at radius 2 is 1.16 bits per heavy atom. The van der Waals surface area contributed by atoms with Crippen molar-refractivity contribution in [2.75, 3.05) is 50.2 Å². The molecule has 0 radical (unpaired) electrons. The van der Waals surface area contributed by atoms with Crippen LogP contribution in [0.5, 0.6) is 0 Å². The van der Waals surface area contributed by atoms with Crippen LogP contribution in [0.2, 0.25) is 0 Å². The molecule has 0 saturated carbocycles. The molecule has 2 saturated heterocycles. The van der Waals surface area contributed by atoms with Crippen molar-refractivity contribution in [3.05, 3.63) is 29.8 Å². The Kier molecular flexibility index (Phi) is 13.4. The van der Waals surface area contributed by atoms with Crippen LogP contribution in [0, 0.1) is 5.92 Å². The minimum Gasteiger partial charge on any atom is -0.473 e. The maximum absolute atomic E-state index is 12.7. The van der Waals surface area contributed by atoms with Crippen LogP contribution < -0.4 is 4.72 Å². The van der Waals surface area contributed by atoms with E-state index in [1.165, 1.54) is 25.9 Å². The molecule has 0 atom stereocenters. The monoisotopic (exact) mass is 559 g/mol. The van der Waals surface area contributed by atoms with Gasteiger partial charge in [0.15, 0.2) is 5.78 Å². The Bertz CT molecular complexity index is 1030. The van der Waals surface area contributed by atoms with E-state index in [-0.39, 0.29) is 11.7 Å². The fourth-order valence-corrected chi connectivity index (χ4v) is 4.42. The summed E-state index contributed by atoms with van der Waals surface area (Å²) in [7, 11) is -3.29. The summed E-state index contributed by atoms with van der Waals surface area (Å²) in [6.07, 6.45) is 5.58. The van der Waals surface area contributed by atoms with Crippen molar-refractivity contribution in [3.63, 3.8) is 0 Å². The molecule has 1 aromatic carbocycles. The van der Waals surface area contributed by atoms with E-state index in [4.69, 9.17) is 39.6 Å². The highest BCUT2D eigenvalue weighted by molar-refractivity contribution is 7.92. The molecule has 2 aliphatic rings. The molecule has 15 heteroatoms. The van der Waals surface area contributed by atoms with Crippen LogP contribution in [0.25, 0.3) is 0 Å². The Balaban J connectivity index is 0.000000503. The zero-order valence-corrected chi connectivity index (χ0v) is 21.7. The van der Waals surface area contributed by atoms with Crippen molar-refractivity contribution in [1.82, 2.24) is 9.80 Å². The fourth-order valence-electron chi connectivity index (χ4n) is 3.86. The lowest BCUT2D eigenvalue weighted by molar-refractivity contribution is -0.159. The highest BCUT2D eigenvalue weighted by Crippen LogP contribution is 2.23. The first-order chi connectivity index (χ1) is 17.7. The molecule has 0 spiro atoms. The molecule has 5 N–H and O–H groups in total. The van der Waals surface area contributed by atoms with Gasteiger partial charge >= 0.3 is 23.9 Å². The Labute approximate surface area is 219 Å². The molecule has 0 bridgehead atoms. The number of rotatable bonds is 7. The lowest BCUT2D eigenvalue weighted by Gasteiger charge is -2.32. The third kappa shape index (κ3) is 13.1. The van der Waals surface area contributed by atoms with E-state index in [0.717, 1.165) is 45.3 Å². The summed E-state index contributed by atoms with van der Waals surface area (Å²) < 4.78 is 24.9. The summed E-state index contributed by atoms with van der Waals surface area (Å²) in [5.74, 6) is -7.04. The van der Waals surface area contributed by atoms with Gasteiger partial charge in [-0.2, -0.15) is 0 Å². The Morgan fingerprint density at radius 3 is 1.53 bits per heavy atom. The summed E-state index contributed by atoms with van der Waals surface area (Å²) in [6, 6.07) is 6.74. The van der Waals surface area contributed by atoms with Crippen LogP contribution in [0.1, 0.15) is 36.0 Å². The van der Waals surface area contributed by atoms with Gasteiger partial charge in [0.25, 0.3) is 0 Å². The van der Waals surface area contributed by atoms with Crippen LogP contribution in [0.3, 0.4) is 0 Å².